The molecule has 0 bridgehead atoms. The van der Waals surface area contributed by atoms with E-state index >= 15 is 0 Å². The summed E-state index contributed by atoms with van der Waals surface area (Å²) in [6.45, 7) is 7.97. The van der Waals surface area contributed by atoms with Crippen LogP contribution in [0.15, 0.2) is 24.3 Å². The lowest BCUT2D eigenvalue weighted by Crippen LogP contribution is -2.27. The van der Waals surface area contributed by atoms with Crippen molar-refractivity contribution in [3.8, 4) is 5.75 Å². The third kappa shape index (κ3) is 3.95. The standard InChI is InChI=1S/C14H20O3S/c1-5-17-13-9-7-6-8-11(13)12(15)10-18(16)14(2,3)4/h6-9H,5,10H2,1-4H3. The van der Waals surface area contributed by atoms with Crippen LogP contribution in [0.3, 0.4) is 0 Å². The monoisotopic (exact) mass is 268 g/mol. The topological polar surface area (TPSA) is 43.4 Å². The van der Waals surface area contributed by atoms with Crippen molar-refractivity contribution in [1.82, 2.24) is 0 Å². The van der Waals surface area contributed by atoms with Gasteiger partial charge in [0.05, 0.1) is 17.9 Å². The van der Waals surface area contributed by atoms with Crippen molar-refractivity contribution < 1.29 is 13.7 Å². The Labute approximate surface area is 111 Å². The fourth-order valence-electron chi connectivity index (χ4n) is 1.39. The molecule has 100 valence electrons. The highest BCUT2D eigenvalue weighted by atomic mass is 32.2. The quantitative estimate of drug-likeness (QED) is 0.771. The molecule has 0 saturated heterocycles. The SMILES string of the molecule is CCOc1ccccc1C(=O)CS(=O)C(C)(C)C. The van der Waals surface area contributed by atoms with Gasteiger partial charge in [0, 0.05) is 15.5 Å². The summed E-state index contributed by atoms with van der Waals surface area (Å²) in [5.41, 5.74) is 0.511. The second kappa shape index (κ2) is 6.14. The Morgan fingerprint density at radius 2 is 1.89 bits per heavy atom. The van der Waals surface area contributed by atoms with Crippen molar-refractivity contribution in [2.45, 2.75) is 32.4 Å². The van der Waals surface area contributed by atoms with E-state index < -0.39 is 10.8 Å². The van der Waals surface area contributed by atoms with Gasteiger partial charge in [0.2, 0.25) is 0 Å². The number of ether oxygens (including phenoxy) is 1. The van der Waals surface area contributed by atoms with Crippen LogP contribution in [0.25, 0.3) is 0 Å². The maximum absolute atomic E-state index is 12.1. The molecule has 0 aliphatic rings. The zero-order valence-corrected chi connectivity index (χ0v) is 12.2. The number of carbonyl (C=O) groups is 1. The molecule has 3 nitrogen and oxygen atoms in total. The van der Waals surface area contributed by atoms with E-state index in [2.05, 4.69) is 0 Å². The van der Waals surface area contributed by atoms with Crippen LogP contribution in [-0.4, -0.2) is 27.1 Å². The molecule has 0 aliphatic heterocycles. The van der Waals surface area contributed by atoms with Crippen LogP contribution in [0, 0.1) is 0 Å². The van der Waals surface area contributed by atoms with E-state index in [-0.39, 0.29) is 16.3 Å². The zero-order chi connectivity index (χ0) is 13.8. The minimum Gasteiger partial charge on any atom is -0.493 e. The lowest BCUT2D eigenvalue weighted by Gasteiger charge is -2.17. The van der Waals surface area contributed by atoms with Gasteiger partial charge in [0.1, 0.15) is 5.75 Å². The molecule has 0 radical (unpaired) electrons. The van der Waals surface area contributed by atoms with Crippen molar-refractivity contribution in [3.63, 3.8) is 0 Å². The van der Waals surface area contributed by atoms with Gasteiger partial charge in [-0.3, -0.25) is 9.00 Å². The van der Waals surface area contributed by atoms with Crippen molar-refractivity contribution in [1.29, 1.82) is 0 Å². The summed E-state index contributed by atoms with van der Waals surface area (Å²) in [6, 6.07) is 7.09. The van der Waals surface area contributed by atoms with Crippen LogP contribution in [0.2, 0.25) is 0 Å². The second-order valence-corrected chi connectivity index (χ2v) is 7.16. The van der Waals surface area contributed by atoms with Gasteiger partial charge in [-0.1, -0.05) is 12.1 Å². The highest BCUT2D eigenvalue weighted by Crippen LogP contribution is 2.20. The molecule has 0 aromatic heterocycles. The Kier molecular flexibility index (Phi) is 5.08. The van der Waals surface area contributed by atoms with Gasteiger partial charge in [-0.05, 0) is 39.8 Å². The molecule has 1 rings (SSSR count). The van der Waals surface area contributed by atoms with Crippen molar-refractivity contribution in [2.24, 2.45) is 0 Å². The highest BCUT2D eigenvalue weighted by molar-refractivity contribution is 7.87. The van der Waals surface area contributed by atoms with Crippen LogP contribution in [-0.2, 0) is 10.8 Å². The minimum atomic E-state index is -1.19. The van der Waals surface area contributed by atoms with E-state index in [1.165, 1.54) is 0 Å². The Morgan fingerprint density at radius 3 is 2.44 bits per heavy atom. The summed E-state index contributed by atoms with van der Waals surface area (Å²) >= 11 is 0. The Hall–Kier alpha value is -1.16. The zero-order valence-electron chi connectivity index (χ0n) is 11.4. The normalized spacial score (nSPS) is 13.1. The van der Waals surface area contributed by atoms with Gasteiger partial charge in [0.15, 0.2) is 5.78 Å². The summed E-state index contributed by atoms with van der Waals surface area (Å²) in [5.74, 6) is 0.469. The molecule has 4 heteroatoms. The number of carbonyl (C=O) groups excluding carboxylic acids is 1. The lowest BCUT2D eigenvalue weighted by atomic mass is 10.1. The molecule has 0 spiro atoms. The maximum atomic E-state index is 12.1. The molecule has 1 aromatic rings. The van der Waals surface area contributed by atoms with Crippen LogP contribution < -0.4 is 4.74 Å². The summed E-state index contributed by atoms with van der Waals surface area (Å²) in [4.78, 5) is 12.1. The smallest absolute Gasteiger partial charge is 0.179 e. The van der Waals surface area contributed by atoms with Crippen molar-refractivity contribution in [3.05, 3.63) is 29.8 Å². The molecule has 0 heterocycles. The van der Waals surface area contributed by atoms with E-state index in [1.54, 1.807) is 18.2 Å². The Morgan fingerprint density at radius 1 is 1.28 bits per heavy atom. The summed E-state index contributed by atoms with van der Waals surface area (Å²) in [7, 11) is -1.19. The third-order valence-corrected chi connectivity index (χ3v) is 4.32. The average Bonchev–Trinajstić information content (AvgIpc) is 2.28. The van der Waals surface area contributed by atoms with E-state index in [0.717, 1.165) is 0 Å². The summed E-state index contributed by atoms with van der Waals surface area (Å²) in [6.07, 6.45) is 0. The van der Waals surface area contributed by atoms with E-state index in [1.807, 2.05) is 33.8 Å². The molecular formula is C14H20O3S. The second-order valence-electron chi connectivity index (χ2n) is 4.95. The first-order valence-corrected chi connectivity index (χ1v) is 7.31. The number of ketones is 1. The fourth-order valence-corrected chi connectivity index (χ4v) is 2.22. The molecule has 0 fully saturated rings. The number of hydrogen-bond donors (Lipinski definition) is 0. The molecule has 0 saturated carbocycles. The number of hydrogen-bond acceptors (Lipinski definition) is 3. The van der Waals surface area contributed by atoms with E-state index in [4.69, 9.17) is 4.74 Å². The lowest BCUT2D eigenvalue weighted by molar-refractivity contribution is 0.101. The van der Waals surface area contributed by atoms with Gasteiger partial charge >= 0.3 is 0 Å². The molecule has 0 aliphatic carbocycles. The fraction of sp³-hybridized carbons (Fsp3) is 0.500. The molecule has 1 unspecified atom stereocenters. The predicted molar refractivity (Wildman–Crippen MR) is 74.7 cm³/mol. The molecule has 0 amide bonds. The molecular weight excluding hydrogens is 248 g/mol. The highest BCUT2D eigenvalue weighted by Gasteiger charge is 2.23. The molecule has 1 atom stereocenters. The van der Waals surface area contributed by atoms with E-state index in [9.17, 15) is 9.00 Å². The largest absolute Gasteiger partial charge is 0.493 e. The third-order valence-electron chi connectivity index (χ3n) is 2.43. The predicted octanol–water partition coefficient (Wildman–Crippen LogP) is 2.82. The van der Waals surface area contributed by atoms with Gasteiger partial charge in [-0.25, -0.2) is 0 Å². The van der Waals surface area contributed by atoms with E-state index in [0.29, 0.717) is 17.9 Å². The van der Waals surface area contributed by atoms with Crippen LogP contribution in [0.1, 0.15) is 38.1 Å². The summed E-state index contributed by atoms with van der Waals surface area (Å²) < 4.78 is 17.0. The first-order chi connectivity index (χ1) is 8.36. The molecule has 18 heavy (non-hydrogen) atoms. The first kappa shape index (κ1) is 14.9. The van der Waals surface area contributed by atoms with Gasteiger partial charge < -0.3 is 4.74 Å². The van der Waals surface area contributed by atoms with Crippen molar-refractivity contribution >= 4 is 16.6 Å². The summed E-state index contributed by atoms with van der Waals surface area (Å²) in [5, 5.41) is 0. The van der Waals surface area contributed by atoms with Gasteiger partial charge in [0.25, 0.3) is 0 Å². The molecule has 1 aromatic carbocycles. The number of para-hydroxylation sites is 1. The molecule has 0 N–H and O–H groups in total. The van der Waals surface area contributed by atoms with Crippen LogP contribution in [0.5, 0.6) is 5.75 Å². The first-order valence-electron chi connectivity index (χ1n) is 5.99. The maximum Gasteiger partial charge on any atom is 0.179 e. The number of Topliss-reactive ketones (excluding diaryl/α,β-unsaturated/α-hetero) is 1. The van der Waals surface area contributed by atoms with Gasteiger partial charge in [-0.2, -0.15) is 0 Å². The minimum absolute atomic E-state index is 0.0353. The van der Waals surface area contributed by atoms with Gasteiger partial charge in [-0.15, -0.1) is 0 Å². The van der Waals surface area contributed by atoms with Crippen LogP contribution >= 0.6 is 0 Å². The van der Waals surface area contributed by atoms with Crippen molar-refractivity contribution in [2.75, 3.05) is 12.4 Å². The van der Waals surface area contributed by atoms with Crippen LogP contribution in [0.4, 0.5) is 0 Å². The Balaban J connectivity index is 2.88. The number of rotatable bonds is 5. The Bertz CT molecular complexity index is 447. The average molecular weight is 268 g/mol. The number of benzene rings is 1.